The van der Waals surface area contributed by atoms with E-state index in [0.29, 0.717) is 23.9 Å². The standard InChI is InChI=1S/C23H22ClFN2O2.C3H6O2/c1-15(23(28)27-11-3-2-4-12-27)29-17-6-8-20-18(9-10-26-22(20)14-17)19-7-5-16(25)13-21(19)24;1-2-5-3-4/h5-10,13-15H,2-4,11-12H2,1H3;3H,2H2,1H3. The molecule has 180 valence electrons. The minimum atomic E-state index is -0.555. The normalized spacial score (nSPS) is 14.1. The van der Waals surface area contributed by atoms with Crippen LogP contribution in [0.15, 0.2) is 48.7 Å². The van der Waals surface area contributed by atoms with Crippen LogP contribution in [0.1, 0.15) is 33.1 Å². The van der Waals surface area contributed by atoms with Crippen LogP contribution in [0, 0.1) is 5.82 Å². The molecule has 1 atom stereocenters. The Morgan fingerprint density at radius 2 is 1.91 bits per heavy atom. The number of carbonyl (C=O) groups excluding carboxylic acids is 2. The second-order valence-electron chi connectivity index (χ2n) is 7.86. The van der Waals surface area contributed by atoms with Crippen molar-refractivity contribution >= 4 is 34.9 Å². The Kier molecular flexibility index (Phi) is 9.22. The van der Waals surface area contributed by atoms with Gasteiger partial charge in [0.1, 0.15) is 11.6 Å². The summed E-state index contributed by atoms with van der Waals surface area (Å²) in [7, 11) is 0. The number of hydrogen-bond acceptors (Lipinski definition) is 5. The maximum absolute atomic E-state index is 13.4. The van der Waals surface area contributed by atoms with Crippen LogP contribution >= 0.6 is 11.6 Å². The molecule has 1 saturated heterocycles. The number of piperidine rings is 1. The zero-order valence-corrected chi connectivity index (χ0v) is 20.1. The van der Waals surface area contributed by atoms with Gasteiger partial charge in [-0.2, -0.15) is 0 Å². The molecule has 34 heavy (non-hydrogen) atoms. The van der Waals surface area contributed by atoms with Gasteiger partial charge in [0.2, 0.25) is 0 Å². The number of fused-ring (bicyclic) bond motifs is 1. The van der Waals surface area contributed by atoms with E-state index in [-0.39, 0.29) is 11.7 Å². The second kappa shape index (κ2) is 12.3. The number of likely N-dealkylation sites (tertiary alicyclic amines) is 1. The number of nitrogens with zero attached hydrogens (tertiary/aromatic N) is 2. The topological polar surface area (TPSA) is 68.7 Å². The molecule has 0 N–H and O–H groups in total. The zero-order chi connectivity index (χ0) is 24.5. The lowest BCUT2D eigenvalue weighted by molar-refractivity contribution is -0.138. The van der Waals surface area contributed by atoms with Crippen LogP contribution in [0.4, 0.5) is 4.39 Å². The fraction of sp³-hybridized carbons (Fsp3) is 0.346. The number of pyridine rings is 1. The summed E-state index contributed by atoms with van der Waals surface area (Å²) in [6, 6.07) is 11.7. The molecule has 0 saturated carbocycles. The van der Waals surface area contributed by atoms with Crippen molar-refractivity contribution in [1.82, 2.24) is 9.88 Å². The molecule has 4 rings (SSSR count). The molecule has 1 unspecified atom stereocenters. The Morgan fingerprint density at radius 1 is 1.15 bits per heavy atom. The van der Waals surface area contributed by atoms with Gasteiger partial charge in [-0.3, -0.25) is 14.6 Å². The maximum atomic E-state index is 13.4. The van der Waals surface area contributed by atoms with E-state index in [1.54, 1.807) is 26.1 Å². The zero-order valence-electron chi connectivity index (χ0n) is 19.3. The van der Waals surface area contributed by atoms with Crippen molar-refractivity contribution in [3.63, 3.8) is 0 Å². The lowest BCUT2D eigenvalue weighted by atomic mass is 10.0. The average Bonchev–Trinajstić information content (AvgIpc) is 2.84. The minimum absolute atomic E-state index is 0.0181. The van der Waals surface area contributed by atoms with Crippen LogP contribution in [0.3, 0.4) is 0 Å². The smallest absolute Gasteiger partial charge is 0.293 e. The second-order valence-corrected chi connectivity index (χ2v) is 8.27. The number of aromatic nitrogens is 1. The average molecular weight is 487 g/mol. The van der Waals surface area contributed by atoms with Crippen molar-refractivity contribution in [2.75, 3.05) is 19.7 Å². The summed E-state index contributed by atoms with van der Waals surface area (Å²) in [5.74, 6) is 0.231. The SMILES string of the molecule is CC(Oc1ccc2c(-c3ccc(F)cc3Cl)ccnc2c1)C(=O)N1CCCCC1.CCOC=O. The summed E-state index contributed by atoms with van der Waals surface area (Å²) >= 11 is 6.25. The Labute approximate surface area is 203 Å². The molecule has 3 aromatic rings. The molecule has 2 aromatic carbocycles. The molecule has 0 aliphatic carbocycles. The van der Waals surface area contributed by atoms with Crippen LogP contribution in [0.2, 0.25) is 5.02 Å². The van der Waals surface area contributed by atoms with Gasteiger partial charge in [0, 0.05) is 36.3 Å². The van der Waals surface area contributed by atoms with Gasteiger partial charge in [-0.15, -0.1) is 0 Å². The van der Waals surface area contributed by atoms with Crippen molar-refractivity contribution in [3.8, 4) is 16.9 Å². The summed E-state index contributed by atoms with van der Waals surface area (Å²) in [5, 5.41) is 1.22. The molecule has 1 amide bonds. The summed E-state index contributed by atoms with van der Waals surface area (Å²) in [6.45, 7) is 6.04. The Balaban J connectivity index is 0.000000588. The molecule has 1 aromatic heterocycles. The van der Waals surface area contributed by atoms with Crippen molar-refractivity contribution in [2.24, 2.45) is 0 Å². The first-order chi connectivity index (χ1) is 16.4. The number of ether oxygens (including phenoxy) is 2. The fourth-order valence-electron chi connectivity index (χ4n) is 3.84. The molecule has 0 spiro atoms. The number of halogens is 2. The molecule has 2 heterocycles. The van der Waals surface area contributed by atoms with Crippen molar-refractivity contribution in [1.29, 1.82) is 0 Å². The molecule has 6 nitrogen and oxygen atoms in total. The summed E-state index contributed by atoms with van der Waals surface area (Å²) in [5.41, 5.74) is 2.32. The largest absolute Gasteiger partial charge is 0.481 e. The molecular formula is C26H28ClFN2O4. The molecule has 1 aliphatic rings. The highest BCUT2D eigenvalue weighted by Gasteiger charge is 2.23. The van der Waals surface area contributed by atoms with Crippen LogP contribution in [0.5, 0.6) is 5.75 Å². The third kappa shape index (κ3) is 6.44. The van der Waals surface area contributed by atoms with E-state index in [4.69, 9.17) is 16.3 Å². The van der Waals surface area contributed by atoms with E-state index in [9.17, 15) is 14.0 Å². The van der Waals surface area contributed by atoms with Gasteiger partial charge in [-0.1, -0.05) is 11.6 Å². The van der Waals surface area contributed by atoms with E-state index >= 15 is 0 Å². The van der Waals surface area contributed by atoms with Crippen LogP contribution in [0.25, 0.3) is 22.0 Å². The van der Waals surface area contributed by atoms with Crippen molar-refractivity contribution in [3.05, 3.63) is 59.5 Å². The van der Waals surface area contributed by atoms with Crippen LogP contribution < -0.4 is 4.74 Å². The van der Waals surface area contributed by atoms with Crippen LogP contribution in [-0.2, 0) is 14.3 Å². The van der Waals surface area contributed by atoms with E-state index < -0.39 is 6.10 Å². The molecule has 1 aliphatic heterocycles. The first-order valence-electron chi connectivity index (χ1n) is 11.3. The highest BCUT2D eigenvalue weighted by molar-refractivity contribution is 6.33. The Hall–Kier alpha value is -3.19. The minimum Gasteiger partial charge on any atom is -0.481 e. The van der Waals surface area contributed by atoms with Gasteiger partial charge in [0.15, 0.2) is 6.10 Å². The summed E-state index contributed by atoms with van der Waals surface area (Å²) in [6.07, 6.45) is 4.40. The van der Waals surface area contributed by atoms with Crippen molar-refractivity contribution in [2.45, 2.75) is 39.2 Å². The number of rotatable bonds is 6. The van der Waals surface area contributed by atoms with E-state index in [1.165, 1.54) is 18.6 Å². The number of benzene rings is 2. The molecule has 8 heteroatoms. The van der Waals surface area contributed by atoms with Gasteiger partial charge in [-0.25, -0.2) is 4.39 Å². The first kappa shape index (κ1) is 25.4. The fourth-order valence-corrected chi connectivity index (χ4v) is 4.11. The van der Waals surface area contributed by atoms with Gasteiger partial charge in [0.25, 0.3) is 12.4 Å². The van der Waals surface area contributed by atoms with E-state index in [1.807, 2.05) is 29.2 Å². The third-order valence-corrected chi connectivity index (χ3v) is 5.81. The quantitative estimate of drug-likeness (QED) is 0.421. The number of hydrogen-bond donors (Lipinski definition) is 0. The molecule has 1 fully saturated rings. The summed E-state index contributed by atoms with van der Waals surface area (Å²) in [4.78, 5) is 28.1. The molecule has 0 bridgehead atoms. The first-order valence-corrected chi connectivity index (χ1v) is 11.7. The third-order valence-electron chi connectivity index (χ3n) is 5.50. The van der Waals surface area contributed by atoms with Gasteiger partial charge in [0.05, 0.1) is 17.1 Å². The van der Waals surface area contributed by atoms with Crippen LogP contribution in [-0.4, -0.2) is 48.1 Å². The van der Waals surface area contributed by atoms with E-state index in [0.717, 1.165) is 48.0 Å². The predicted octanol–water partition coefficient (Wildman–Crippen LogP) is 5.65. The molecule has 0 radical (unpaired) electrons. The van der Waals surface area contributed by atoms with Crippen molar-refractivity contribution < 1.29 is 23.5 Å². The molecular weight excluding hydrogens is 459 g/mol. The predicted molar refractivity (Wildman–Crippen MR) is 130 cm³/mol. The van der Waals surface area contributed by atoms with Gasteiger partial charge < -0.3 is 14.4 Å². The lowest BCUT2D eigenvalue weighted by Crippen LogP contribution is -2.43. The van der Waals surface area contributed by atoms with E-state index in [2.05, 4.69) is 9.72 Å². The number of carbonyl (C=O) groups is 2. The summed E-state index contributed by atoms with van der Waals surface area (Å²) < 4.78 is 23.5. The van der Waals surface area contributed by atoms with Gasteiger partial charge in [-0.05, 0) is 75.1 Å². The monoisotopic (exact) mass is 486 g/mol. The highest BCUT2D eigenvalue weighted by Crippen LogP contribution is 2.34. The Bertz CT molecular complexity index is 1130. The number of amides is 1. The van der Waals surface area contributed by atoms with Gasteiger partial charge >= 0.3 is 0 Å². The maximum Gasteiger partial charge on any atom is 0.293 e. The lowest BCUT2D eigenvalue weighted by Gasteiger charge is -2.29. The highest BCUT2D eigenvalue weighted by atomic mass is 35.5. The Morgan fingerprint density at radius 3 is 2.56 bits per heavy atom.